The fourth-order valence-electron chi connectivity index (χ4n) is 1.77. The molecule has 1 aromatic carbocycles. The number of nitrogens with one attached hydrogen (secondary N) is 1. The summed E-state index contributed by atoms with van der Waals surface area (Å²) in [6.07, 6.45) is 0. The zero-order chi connectivity index (χ0) is 14.4. The Labute approximate surface area is 117 Å². The average molecular weight is 284 g/mol. The number of nitrogens with two attached hydrogens (primary N) is 1. The molecule has 104 valence electrons. The van der Waals surface area contributed by atoms with Gasteiger partial charge in [0.15, 0.2) is 5.84 Å². The van der Waals surface area contributed by atoms with Crippen molar-refractivity contribution in [3.63, 3.8) is 0 Å². The quantitative estimate of drug-likeness (QED) is 0.334. The maximum absolute atomic E-state index is 12.0. The topological polar surface area (TPSA) is 87.7 Å². The van der Waals surface area contributed by atoms with Gasteiger partial charge in [-0.3, -0.25) is 4.79 Å². The van der Waals surface area contributed by atoms with Gasteiger partial charge in [0, 0.05) is 11.6 Å². The third kappa shape index (κ3) is 4.13. The molecule has 0 aliphatic heterocycles. The molecule has 0 saturated carbocycles. The molecule has 0 spiro atoms. The molecule has 1 aromatic rings. The highest BCUT2D eigenvalue weighted by Gasteiger charge is 2.26. The molecule has 0 bridgehead atoms. The van der Waals surface area contributed by atoms with Crippen molar-refractivity contribution in [2.45, 2.75) is 20.4 Å². The zero-order valence-electron chi connectivity index (χ0n) is 10.9. The molecule has 0 aromatic heterocycles. The zero-order valence-corrected chi connectivity index (χ0v) is 11.7. The van der Waals surface area contributed by atoms with E-state index in [1.807, 2.05) is 32.0 Å². The molecule has 19 heavy (non-hydrogen) atoms. The lowest BCUT2D eigenvalue weighted by molar-refractivity contribution is -0.124. The molecule has 0 fully saturated rings. The van der Waals surface area contributed by atoms with E-state index in [2.05, 4.69) is 10.5 Å². The third-order valence-electron chi connectivity index (χ3n) is 2.79. The number of hydrogen-bond acceptors (Lipinski definition) is 3. The maximum Gasteiger partial charge on any atom is 0.231 e. The van der Waals surface area contributed by atoms with Crippen LogP contribution in [-0.2, 0) is 11.3 Å². The van der Waals surface area contributed by atoms with Crippen LogP contribution in [-0.4, -0.2) is 17.0 Å². The number of amidine groups is 1. The predicted molar refractivity (Wildman–Crippen MR) is 75.0 cm³/mol. The second-order valence-corrected chi connectivity index (χ2v) is 4.96. The molecule has 6 heteroatoms. The molecule has 0 aliphatic rings. The molecular weight excluding hydrogens is 266 g/mol. The molecule has 0 saturated heterocycles. The van der Waals surface area contributed by atoms with Crippen LogP contribution in [0, 0.1) is 11.8 Å². The van der Waals surface area contributed by atoms with Gasteiger partial charge in [-0.15, -0.1) is 0 Å². The Morgan fingerprint density at radius 2 is 2.11 bits per heavy atom. The first-order valence-electron chi connectivity index (χ1n) is 5.96. The minimum absolute atomic E-state index is 0.0675. The summed E-state index contributed by atoms with van der Waals surface area (Å²) in [4.78, 5) is 12.0. The molecule has 5 nitrogen and oxygen atoms in total. The molecule has 0 radical (unpaired) electrons. The van der Waals surface area contributed by atoms with Crippen LogP contribution in [0.5, 0.6) is 0 Å². The molecule has 0 aliphatic carbocycles. The lowest BCUT2D eigenvalue weighted by Crippen LogP contribution is -2.41. The van der Waals surface area contributed by atoms with Crippen LogP contribution in [0.2, 0.25) is 5.02 Å². The van der Waals surface area contributed by atoms with Crippen LogP contribution in [0.25, 0.3) is 0 Å². The van der Waals surface area contributed by atoms with E-state index in [1.165, 1.54) is 0 Å². The highest BCUT2D eigenvalue weighted by molar-refractivity contribution is 6.31. The summed E-state index contributed by atoms with van der Waals surface area (Å²) in [6.45, 7) is 3.97. The van der Waals surface area contributed by atoms with Crippen LogP contribution in [0.15, 0.2) is 29.4 Å². The first-order chi connectivity index (χ1) is 8.97. The van der Waals surface area contributed by atoms with Gasteiger partial charge in [0.25, 0.3) is 0 Å². The first kappa shape index (κ1) is 15.3. The molecule has 0 heterocycles. The van der Waals surface area contributed by atoms with Gasteiger partial charge >= 0.3 is 0 Å². The minimum Gasteiger partial charge on any atom is -0.409 e. The van der Waals surface area contributed by atoms with E-state index in [-0.39, 0.29) is 17.7 Å². The Balaban J connectivity index is 2.71. The summed E-state index contributed by atoms with van der Waals surface area (Å²) in [7, 11) is 0. The Kier molecular flexibility index (Phi) is 5.63. The van der Waals surface area contributed by atoms with Crippen molar-refractivity contribution in [2.24, 2.45) is 22.7 Å². The van der Waals surface area contributed by atoms with Gasteiger partial charge < -0.3 is 16.3 Å². The van der Waals surface area contributed by atoms with Gasteiger partial charge in [0.1, 0.15) is 5.92 Å². The standard InChI is InChI=1S/C13H18ClN3O2/c1-8(2)11(12(15)17-19)13(18)16-7-9-5-3-4-6-10(9)14/h3-6,8,11,19H,7H2,1-2H3,(H2,15,17)(H,16,18). The van der Waals surface area contributed by atoms with Crippen molar-refractivity contribution < 1.29 is 10.0 Å². The number of carbonyl (C=O) groups is 1. The highest BCUT2D eigenvalue weighted by Crippen LogP contribution is 2.16. The van der Waals surface area contributed by atoms with Crippen molar-refractivity contribution >= 4 is 23.3 Å². The van der Waals surface area contributed by atoms with E-state index in [1.54, 1.807) is 6.07 Å². The van der Waals surface area contributed by atoms with Gasteiger partial charge in [-0.2, -0.15) is 0 Å². The summed E-state index contributed by atoms with van der Waals surface area (Å²) < 4.78 is 0. The van der Waals surface area contributed by atoms with Crippen molar-refractivity contribution in [2.75, 3.05) is 0 Å². The first-order valence-corrected chi connectivity index (χ1v) is 6.33. The Bertz CT molecular complexity index is 475. The number of carbonyl (C=O) groups excluding carboxylic acids is 1. The number of hydrogen-bond donors (Lipinski definition) is 3. The maximum atomic E-state index is 12.0. The van der Waals surface area contributed by atoms with Crippen LogP contribution >= 0.6 is 11.6 Å². The summed E-state index contributed by atoms with van der Waals surface area (Å²) in [6, 6.07) is 7.25. The van der Waals surface area contributed by atoms with E-state index in [0.717, 1.165) is 5.56 Å². The third-order valence-corrected chi connectivity index (χ3v) is 3.16. The fourth-order valence-corrected chi connectivity index (χ4v) is 1.98. The number of rotatable bonds is 5. The van der Waals surface area contributed by atoms with Crippen molar-refractivity contribution in [1.29, 1.82) is 0 Å². The fraction of sp³-hybridized carbons (Fsp3) is 0.385. The van der Waals surface area contributed by atoms with Crippen LogP contribution in [0.3, 0.4) is 0 Å². The Morgan fingerprint density at radius 1 is 1.47 bits per heavy atom. The van der Waals surface area contributed by atoms with Gasteiger partial charge in [-0.05, 0) is 17.5 Å². The van der Waals surface area contributed by atoms with Crippen LogP contribution in [0.4, 0.5) is 0 Å². The van der Waals surface area contributed by atoms with Gasteiger partial charge in [0.2, 0.25) is 5.91 Å². The predicted octanol–water partition coefficient (Wildman–Crippen LogP) is 1.97. The van der Waals surface area contributed by atoms with E-state index >= 15 is 0 Å². The van der Waals surface area contributed by atoms with Crippen LogP contribution < -0.4 is 11.1 Å². The van der Waals surface area contributed by atoms with Crippen molar-refractivity contribution in [1.82, 2.24) is 5.32 Å². The van der Waals surface area contributed by atoms with Crippen LogP contribution in [0.1, 0.15) is 19.4 Å². The summed E-state index contributed by atoms with van der Waals surface area (Å²) >= 11 is 6.00. The SMILES string of the molecule is CC(C)C(C(=O)NCc1ccccc1Cl)C(N)=NO. The highest BCUT2D eigenvalue weighted by atomic mass is 35.5. The Morgan fingerprint density at radius 3 is 2.63 bits per heavy atom. The molecule has 1 rings (SSSR count). The van der Waals surface area contributed by atoms with Gasteiger partial charge in [-0.1, -0.05) is 48.8 Å². The number of benzene rings is 1. The lowest BCUT2D eigenvalue weighted by Gasteiger charge is -2.18. The van der Waals surface area contributed by atoms with Crippen molar-refractivity contribution in [3.8, 4) is 0 Å². The molecule has 1 unspecified atom stereocenters. The molecule has 4 N–H and O–H groups in total. The normalized spacial score (nSPS) is 13.4. The Hall–Kier alpha value is -1.75. The number of halogens is 1. The summed E-state index contributed by atoms with van der Waals surface area (Å²) in [5.41, 5.74) is 6.35. The second kappa shape index (κ2) is 6.99. The monoisotopic (exact) mass is 283 g/mol. The largest absolute Gasteiger partial charge is 0.409 e. The van der Waals surface area contributed by atoms with Gasteiger partial charge in [-0.25, -0.2) is 0 Å². The molecule has 1 atom stereocenters. The smallest absolute Gasteiger partial charge is 0.231 e. The van der Waals surface area contributed by atoms with Gasteiger partial charge in [0.05, 0.1) is 0 Å². The number of nitrogens with zero attached hydrogens (tertiary/aromatic N) is 1. The minimum atomic E-state index is -0.660. The van der Waals surface area contributed by atoms with E-state index < -0.39 is 5.92 Å². The average Bonchev–Trinajstić information content (AvgIpc) is 2.37. The number of amides is 1. The molecule has 1 amide bonds. The van der Waals surface area contributed by atoms with E-state index in [9.17, 15) is 4.79 Å². The van der Waals surface area contributed by atoms with E-state index in [4.69, 9.17) is 22.5 Å². The van der Waals surface area contributed by atoms with Crippen molar-refractivity contribution in [3.05, 3.63) is 34.9 Å². The number of oxime groups is 1. The summed E-state index contributed by atoms with van der Waals surface area (Å²) in [5.74, 6) is -1.11. The van der Waals surface area contributed by atoms with E-state index in [0.29, 0.717) is 11.6 Å². The lowest BCUT2D eigenvalue weighted by atomic mass is 9.94. The summed E-state index contributed by atoms with van der Waals surface area (Å²) in [5, 5.41) is 14.9. The molecular formula is C13H18ClN3O2. The second-order valence-electron chi connectivity index (χ2n) is 4.56.